The van der Waals surface area contributed by atoms with Gasteiger partial charge in [0, 0.05) is 31.1 Å². The van der Waals surface area contributed by atoms with E-state index in [1.165, 1.54) is 0 Å². The van der Waals surface area contributed by atoms with Crippen LogP contribution in [-0.2, 0) is 6.54 Å². The number of imidazole rings is 1. The van der Waals surface area contributed by atoms with E-state index in [1.807, 2.05) is 18.5 Å². The fraction of sp³-hybridized carbons (Fsp3) is 0.353. The van der Waals surface area contributed by atoms with E-state index >= 15 is 0 Å². The van der Waals surface area contributed by atoms with Crippen LogP contribution in [0.1, 0.15) is 30.0 Å². The molecule has 6 nitrogen and oxygen atoms in total. The number of piperidine rings is 1. The summed E-state index contributed by atoms with van der Waals surface area (Å²) in [4.78, 5) is 13.5. The number of fused-ring (bicyclic) bond motifs is 1. The van der Waals surface area contributed by atoms with Gasteiger partial charge >= 0.3 is 0 Å². The van der Waals surface area contributed by atoms with Gasteiger partial charge < -0.3 is 10.6 Å². The van der Waals surface area contributed by atoms with Gasteiger partial charge in [0.05, 0.1) is 11.9 Å². The molecule has 0 atom stereocenters. The van der Waals surface area contributed by atoms with Crippen molar-refractivity contribution in [3.05, 3.63) is 52.8 Å². The second-order valence-electron chi connectivity index (χ2n) is 6.03. The first-order valence-electron chi connectivity index (χ1n) is 8.18. The first-order valence-corrected chi connectivity index (χ1v) is 8.97. The molecule has 7 heteroatoms. The number of nitrogens with one attached hydrogen (secondary N) is 2. The number of aromatic nitrogens is 4. The molecule has 24 heavy (non-hydrogen) atoms. The second kappa shape index (κ2) is 6.86. The average molecular weight is 387 g/mol. The van der Waals surface area contributed by atoms with E-state index in [2.05, 4.69) is 53.2 Å². The molecule has 1 fully saturated rings. The summed E-state index contributed by atoms with van der Waals surface area (Å²) in [5.74, 6) is 1.31. The van der Waals surface area contributed by atoms with Crippen molar-refractivity contribution >= 4 is 27.4 Å². The highest BCUT2D eigenvalue weighted by Crippen LogP contribution is 2.28. The molecule has 0 aliphatic carbocycles. The zero-order valence-electron chi connectivity index (χ0n) is 13.2. The van der Waals surface area contributed by atoms with Gasteiger partial charge in [-0.3, -0.25) is 9.38 Å². The molecular weight excluding hydrogens is 368 g/mol. The van der Waals surface area contributed by atoms with Gasteiger partial charge in [-0.2, -0.15) is 0 Å². The summed E-state index contributed by atoms with van der Waals surface area (Å²) in [6.45, 7) is 2.78. The van der Waals surface area contributed by atoms with Crippen molar-refractivity contribution in [1.29, 1.82) is 0 Å². The molecule has 3 aromatic heterocycles. The van der Waals surface area contributed by atoms with Gasteiger partial charge in [-0.15, -0.1) is 0 Å². The highest BCUT2D eigenvalue weighted by molar-refractivity contribution is 9.10. The van der Waals surface area contributed by atoms with Gasteiger partial charge in [0.15, 0.2) is 11.5 Å². The van der Waals surface area contributed by atoms with E-state index in [4.69, 9.17) is 4.98 Å². The Balaban J connectivity index is 1.67. The molecule has 1 aliphatic rings. The molecule has 0 spiro atoms. The molecular formula is C17H19BrN6. The quantitative estimate of drug-likeness (QED) is 0.721. The van der Waals surface area contributed by atoms with Gasteiger partial charge in [-0.1, -0.05) is 6.07 Å². The fourth-order valence-electron chi connectivity index (χ4n) is 3.10. The lowest BCUT2D eigenvalue weighted by Gasteiger charge is -2.23. The number of pyridine rings is 1. The molecule has 124 valence electrons. The predicted molar refractivity (Wildman–Crippen MR) is 97.1 cm³/mol. The van der Waals surface area contributed by atoms with E-state index in [9.17, 15) is 0 Å². The molecule has 0 radical (unpaired) electrons. The molecule has 1 aliphatic heterocycles. The maximum atomic E-state index is 4.89. The molecule has 0 bridgehead atoms. The molecule has 1 saturated heterocycles. The summed E-state index contributed by atoms with van der Waals surface area (Å²) in [7, 11) is 0. The van der Waals surface area contributed by atoms with Crippen molar-refractivity contribution in [2.45, 2.75) is 25.3 Å². The normalized spacial score (nSPS) is 15.7. The van der Waals surface area contributed by atoms with Crippen LogP contribution in [0.5, 0.6) is 0 Å². The zero-order chi connectivity index (χ0) is 16.4. The standard InChI is InChI=1S/C17H19BrN6/c18-15-10-22-17-16(21-9-12-2-1-5-20-8-12)23-14(11-24(15)17)13-3-6-19-7-4-13/h1-2,5,8,10-11,13,19H,3-4,6-7,9H2,(H,21,23). The third-order valence-corrected chi connectivity index (χ3v) is 4.99. The summed E-state index contributed by atoms with van der Waals surface area (Å²) in [6, 6.07) is 3.99. The van der Waals surface area contributed by atoms with Crippen LogP contribution < -0.4 is 10.6 Å². The SMILES string of the molecule is Brc1cnc2c(NCc3cccnc3)nc(C3CCNCC3)cn12. The van der Waals surface area contributed by atoms with Gasteiger partial charge in [-0.25, -0.2) is 9.97 Å². The lowest BCUT2D eigenvalue weighted by atomic mass is 9.95. The highest BCUT2D eigenvalue weighted by atomic mass is 79.9. The summed E-state index contributed by atoms with van der Waals surface area (Å²) >= 11 is 3.58. The molecule has 2 N–H and O–H groups in total. The smallest absolute Gasteiger partial charge is 0.181 e. The van der Waals surface area contributed by atoms with Crippen LogP contribution in [0, 0.1) is 0 Å². The van der Waals surface area contributed by atoms with E-state index in [0.29, 0.717) is 12.5 Å². The van der Waals surface area contributed by atoms with Crippen LogP contribution in [0.15, 0.2) is 41.5 Å². The molecule has 3 aromatic rings. The van der Waals surface area contributed by atoms with Crippen LogP contribution in [-0.4, -0.2) is 32.4 Å². The summed E-state index contributed by atoms with van der Waals surface area (Å²) in [6.07, 6.45) is 9.81. The Morgan fingerprint density at radius 2 is 2.17 bits per heavy atom. The Labute approximate surface area is 148 Å². The predicted octanol–water partition coefficient (Wildman–Crippen LogP) is 2.97. The van der Waals surface area contributed by atoms with Crippen molar-refractivity contribution in [2.75, 3.05) is 18.4 Å². The molecule has 0 unspecified atom stereocenters. The number of anilines is 1. The van der Waals surface area contributed by atoms with Gasteiger partial charge in [-0.05, 0) is 53.5 Å². The first kappa shape index (κ1) is 15.5. The van der Waals surface area contributed by atoms with E-state index in [0.717, 1.165) is 53.3 Å². The van der Waals surface area contributed by atoms with Crippen LogP contribution in [0.25, 0.3) is 5.65 Å². The van der Waals surface area contributed by atoms with Gasteiger partial charge in [0.25, 0.3) is 0 Å². The lowest BCUT2D eigenvalue weighted by molar-refractivity contribution is 0.452. The van der Waals surface area contributed by atoms with E-state index < -0.39 is 0 Å². The minimum atomic E-state index is 0.490. The number of hydrogen-bond acceptors (Lipinski definition) is 5. The Morgan fingerprint density at radius 1 is 1.29 bits per heavy atom. The van der Waals surface area contributed by atoms with Gasteiger partial charge in [0.1, 0.15) is 4.60 Å². The Morgan fingerprint density at radius 3 is 2.96 bits per heavy atom. The lowest BCUT2D eigenvalue weighted by Crippen LogP contribution is -2.27. The molecule has 0 amide bonds. The van der Waals surface area contributed by atoms with E-state index in [-0.39, 0.29) is 0 Å². The van der Waals surface area contributed by atoms with Crippen LogP contribution in [0.4, 0.5) is 5.82 Å². The third-order valence-electron chi connectivity index (χ3n) is 4.41. The monoisotopic (exact) mass is 386 g/mol. The largest absolute Gasteiger partial charge is 0.363 e. The van der Waals surface area contributed by atoms with Gasteiger partial charge in [0.2, 0.25) is 0 Å². The second-order valence-corrected chi connectivity index (χ2v) is 6.84. The number of halogens is 1. The topological polar surface area (TPSA) is 67.1 Å². The minimum Gasteiger partial charge on any atom is -0.363 e. The summed E-state index contributed by atoms with van der Waals surface area (Å²) in [5, 5.41) is 6.84. The number of nitrogens with zero attached hydrogens (tertiary/aromatic N) is 4. The van der Waals surface area contributed by atoms with Crippen molar-refractivity contribution in [3.8, 4) is 0 Å². The van der Waals surface area contributed by atoms with Crippen molar-refractivity contribution in [3.63, 3.8) is 0 Å². The molecule has 4 rings (SSSR count). The Hall–Kier alpha value is -1.99. The summed E-state index contributed by atoms with van der Waals surface area (Å²) in [5.41, 5.74) is 3.08. The Kier molecular flexibility index (Phi) is 4.44. The molecule has 4 heterocycles. The Bertz CT molecular complexity index is 826. The molecule has 0 saturated carbocycles. The maximum Gasteiger partial charge on any atom is 0.181 e. The van der Waals surface area contributed by atoms with Crippen LogP contribution in [0.3, 0.4) is 0 Å². The third kappa shape index (κ3) is 3.14. The van der Waals surface area contributed by atoms with Crippen molar-refractivity contribution in [2.24, 2.45) is 0 Å². The van der Waals surface area contributed by atoms with Crippen molar-refractivity contribution < 1.29 is 0 Å². The van der Waals surface area contributed by atoms with Crippen molar-refractivity contribution in [1.82, 2.24) is 24.7 Å². The summed E-state index contributed by atoms with van der Waals surface area (Å²) < 4.78 is 3.01. The number of hydrogen-bond donors (Lipinski definition) is 2. The van der Waals surface area contributed by atoms with Crippen LogP contribution in [0.2, 0.25) is 0 Å². The average Bonchev–Trinajstić information content (AvgIpc) is 3.02. The zero-order valence-corrected chi connectivity index (χ0v) is 14.8. The fourth-order valence-corrected chi connectivity index (χ4v) is 3.47. The minimum absolute atomic E-state index is 0.490. The van der Waals surface area contributed by atoms with Crippen LogP contribution >= 0.6 is 15.9 Å². The van der Waals surface area contributed by atoms with E-state index in [1.54, 1.807) is 6.20 Å². The maximum absolute atomic E-state index is 4.89. The molecule has 0 aromatic carbocycles. The first-order chi connectivity index (χ1) is 11.8. The highest BCUT2D eigenvalue weighted by Gasteiger charge is 2.19. The number of rotatable bonds is 4.